The molecule has 0 amide bonds. The molecule has 0 atom stereocenters. The molecule has 1 aromatic carbocycles. The highest BCUT2D eigenvalue weighted by molar-refractivity contribution is 5.20. The quantitative estimate of drug-likeness (QED) is 0.627. The highest BCUT2D eigenvalue weighted by Gasteiger charge is 2.17. The van der Waals surface area contributed by atoms with Gasteiger partial charge < -0.3 is 4.74 Å². The summed E-state index contributed by atoms with van der Waals surface area (Å²) in [7, 11) is 1.72. The maximum Gasteiger partial charge on any atom is 0.0871 e. The van der Waals surface area contributed by atoms with Crippen LogP contribution in [0.1, 0.15) is 19.4 Å². The molecular weight excluding hydrogens is 136 g/mol. The molecule has 0 aliphatic heterocycles. The summed E-state index contributed by atoms with van der Waals surface area (Å²) in [6.07, 6.45) is 0. The fourth-order valence-electron chi connectivity index (χ4n) is 0.906. The lowest BCUT2D eigenvalue weighted by Crippen LogP contribution is -2.18. The molecule has 0 aliphatic carbocycles. The molecule has 1 heteroatoms. The van der Waals surface area contributed by atoms with Crippen LogP contribution in [-0.2, 0) is 10.3 Å². The number of ether oxygens (including phenoxy) is 1. The van der Waals surface area contributed by atoms with Crippen LogP contribution >= 0.6 is 0 Å². The van der Waals surface area contributed by atoms with Crippen molar-refractivity contribution in [2.45, 2.75) is 19.4 Å². The molecule has 0 fully saturated rings. The second kappa shape index (κ2) is 3.05. The highest BCUT2D eigenvalue weighted by atomic mass is 16.5. The minimum absolute atomic E-state index is 0.185. The average Bonchev–Trinajstić information content (AvgIpc) is 2.06. The minimum atomic E-state index is -0.185. The van der Waals surface area contributed by atoms with Gasteiger partial charge in [0.2, 0.25) is 0 Å². The molecule has 0 N–H and O–H groups in total. The number of hydrogen-bond donors (Lipinski definition) is 0. The van der Waals surface area contributed by atoms with Gasteiger partial charge in [-0.15, -0.1) is 0 Å². The van der Waals surface area contributed by atoms with Gasteiger partial charge in [-0.25, -0.2) is 0 Å². The first-order chi connectivity index (χ1) is 5.17. The summed E-state index contributed by atoms with van der Waals surface area (Å²) in [4.78, 5) is 0. The standard InChI is InChI=1S/C10H13O/c1-10(2,11-3)9-7-5-4-6-8-9/h5-8H,1-3H3. The zero-order valence-electron chi connectivity index (χ0n) is 7.22. The van der Waals surface area contributed by atoms with Crippen molar-refractivity contribution in [3.63, 3.8) is 0 Å². The highest BCUT2D eigenvalue weighted by Crippen LogP contribution is 2.22. The summed E-state index contributed by atoms with van der Waals surface area (Å²) in [5.74, 6) is 0. The van der Waals surface area contributed by atoms with Gasteiger partial charge in [0, 0.05) is 7.11 Å². The Morgan fingerprint density at radius 2 is 1.82 bits per heavy atom. The third kappa shape index (κ3) is 1.81. The normalized spacial score (nSPS) is 11.5. The van der Waals surface area contributed by atoms with E-state index in [9.17, 15) is 0 Å². The van der Waals surface area contributed by atoms with Crippen molar-refractivity contribution in [3.05, 3.63) is 35.9 Å². The van der Waals surface area contributed by atoms with Gasteiger partial charge in [-0.3, -0.25) is 0 Å². The number of benzene rings is 1. The van der Waals surface area contributed by atoms with Crippen molar-refractivity contribution in [1.29, 1.82) is 0 Å². The van der Waals surface area contributed by atoms with Crippen LogP contribution in [0, 0.1) is 6.07 Å². The monoisotopic (exact) mass is 149 g/mol. The Kier molecular flexibility index (Phi) is 2.30. The van der Waals surface area contributed by atoms with Gasteiger partial charge in [0.05, 0.1) is 5.60 Å². The smallest absolute Gasteiger partial charge is 0.0871 e. The van der Waals surface area contributed by atoms with Crippen molar-refractivity contribution in [3.8, 4) is 0 Å². The van der Waals surface area contributed by atoms with Crippen LogP contribution in [0.2, 0.25) is 0 Å². The van der Waals surface area contributed by atoms with Crippen LogP contribution in [0.3, 0.4) is 0 Å². The zero-order chi connectivity index (χ0) is 8.32. The first kappa shape index (κ1) is 8.28. The van der Waals surface area contributed by atoms with Crippen LogP contribution in [-0.4, -0.2) is 7.11 Å². The predicted octanol–water partition coefficient (Wildman–Crippen LogP) is 2.37. The summed E-state index contributed by atoms with van der Waals surface area (Å²) >= 11 is 0. The molecule has 0 saturated heterocycles. The van der Waals surface area contributed by atoms with E-state index in [2.05, 4.69) is 6.07 Å². The minimum Gasteiger partial charge on any atom is -0.374 e. The third-order valence-corrected chi connectivity index (χ3v) is 1.92. The fraction of sp³-hybridized carbons (Fsp3) is 0.400. The Balaban J connectivity index is 2.93. The molecule has 1 radical (unpaired) electrons. The van der Waals surface area contributed by atoms with Crippen molar-refractivity contribution in [2.75, 3.05) is 7.11 Å². The predicted molar refractivity (Wildman–Crippen MR) is 45.3 cm³/mol. The summed E-state index contributed by atoms with van der Waals surface area (Å²) in [5, 5.41) is 0. The van der Waals surface area contributed by atoms with Gasteiger partial charge in [-0.2, -0.15) is 0 Å². The van der Waals surface area contributed by atoms with Crippen LogP contribution in [0.4, 0.5) is 0 Å². The molecule has 0 aromatic heterocycles. The number of hydrogen-bond acceptors (Lipinski definition) is 1. The largest absolute Gasteiger partial charge is 0.374 e. The Hall–Kier alpha value is -0.820. The van der Waals surface area contributed by atoms with Crippen LogP contribution < -0.4 is 0 Å². The average molecular weight is 149 g/mol. The Bertz CT molecular complexity index is 214. The molecule has 0 aliphatic rings. The Morgan fingerprint density at radius 1 is 1.27 bits per heavy atom. The van der Waals surface area contributed by atoms with Gasteiger partial charge >= 0.3 is 0 Å². The van der Waals surface area contributed by atoms with Crippen LogP contribution in [0.5, 0.6) is 0 Å². The molecule has 0 unspecified atom stereocenters. The van der Waals surface area contributed by atoms with Gasteiger partial charge in [0.15, 0.2) is 0 Å². The zero-order valence-corrected chi connectivity index (χ0v) is 7.22. The molecule has 1 nitrogen and oxygen atoms in total. The van der Waals surface area contributed by atoms with Gasteiger partial charge in [-0.1, -0.05) is 24.3 Å². The molecule has 1 rings (SSSR count). The van der Waals surface area contributed by atoms with Crippen molar-refractivity contribution in [1.82, 2.24) is 0 Å². The summed E-state index contributed by atoms with van der Waals surface area (Å²) in [5.41, 5.74) is 0.994. The van der Waals surface area contributed by atoms with Crippen molar-refractivity contribution in [2.24, 2.45) is 0 Å². The molecular formula is C10H13O. The van der Waals surface area contributed by atoms with E-state index in [1.165, 1.54) is 5.56 Å². The molecule has 59 valence electrons. The topological polar surface area (TPSA) is 9.23 Å². The van der Waals surface area contributed by atoms with E-state index in [0.29, 0.717) is 0 Å². The SMILES string of the molecule is COC(C)(C)c1cc[c]cc1. The fourth-order valence-corrected chi connectivity index (χ4v) is 0.906. The third-order valence-electron chi connectivity index (χ3n) is 1.92. The molecule has 11 heavy (non-hydrogen) atoms. The van der Waals surface area contributed by atoms with E-state index in [1.807, 2.05) is 38.1 Å². The maximum atomic E-state index is 5.31. The van der Waals surface area contributed by atoms with E-state index in [1.54, 1.807) is 7.11 Å². The number of rotatable bonds is 2. The van der Waals surface area contributed by atoms with E-state index < -0.39 is 0 Å². The maximum absolute atomic E-state index is 5.31. The Labute approximate surface area is 68.0 Å². The first-order valence-electron chi connectivity index (χ1n) is 3.68. The van der Waals surface area contributed by atoms with Gasteiger partial charge in [-0.05, 0) is 25.5 Å². The van der Waals surface area contributed by atoms with Crippen molar-refractivity contribution >= 4 is 0 Å². The first-order valence-corrected chi connectivity index (χ1v) is 3.68. The summed E-state index contributed by atoms with van der Waals surface area (Å²) < 4.78 is 5.31. The molecule has 1 aromatic rings. The van der Waals surface area contributed by atoms with E-state index >= 15 is 0 Å². The van der Waals surface area contributed by atoms with Crippen LogP contribution in [0.15, 0.2) is 24.3 Å². The summed E-state index contributed by atoms with van der Waals surface area (Å²) in [6, 6.07) is 10.8. The van der Waals surface area contributed by atoms with E-state index in [-0.39, 0.29) is 5.60 Å². The second-order valence-electron chi connectivity index (χ2n) is 3.00. The lowest BCUT2D eigenvalue weighted by Gasteiger charge is -2.22. The van der Waals surface area contributed by atoms with E-state index in [4.69, 9.17) is 4.74 Å². The molecule has 0 heterocycles. The lowest BCUT2D eigenvalue weighted by atomic mass is 9.98. The Morgan fingerprint density at radius 3 is 2.27 bits per heavy atom. The second-order valence-corrected chi connectivity index (χ2v) is 3.00. The van der Waals surface area contributed by atoms with Gasteiger partial charge in [0.1, 0.15) is 0 Å². The lowest BCUT2D eigenvalue weighted by molar-refractivity contribution is 0.0192. The molecule has 0 saturated carbocycles. The number of methoxy groups -OCH3 is 1. The van der Waals surface area contributed by atoms with Crippen LogP contribution in [0.25, 0.3) is 0 Å². The van der Waals surface area contributed by atoms with Crippen molar-refractivity contribution < 1.29 is 4.74 Å². The molecule has 0 bridgehead atoms. The summed E-state index contributed by atoms with van der Waals surface area (Å²) in [6.45, 7) is 4.09. The molecule has 0 spiro atoms. The van der Waals surface area contributed by atoms with Gasteiger partial charge in [0.25, 0.3) is 0 Å². The van der Waals surface area contributed by atoms with E-state index in [0.717, 1.165) is 0 Å².